The van der Waals surface area contributed by atoms with Crippen LogP contribution in [0.5, 0.6) is 5.75 Å². The Labute approximate surface area is 180 Å². The molecular formula is C22H37N5O3. The van der Waals surface area contributed by atoms with Gasteiger partial charge in [0.2, 0.25) is 0 Å². The molecule has 2 rings (SSSR count). The van der Waals surface area contributed by atoms with Crippen LogP contribution in [0.1, 0.15) is 39.2 Å². The van der Waals surface area contributed by atoms with Crippen molar-refractivity contribution >= 4 is 12.1 Å². The highest BCUT2D eigenvalue weighted by Gasteiger charge is 2.23. The molecule has 0 aromatic heterocycles. The van der Waals surface area contributed by atoms with E-state index in [1.165, 1.54) is 0 Å². The largest absolute Gasteiger partial charge is 0.492 e. The van der Waals surface area contributed by atoms with Gasteiger partial charge in [-0.15, -0.1) is 0 Å². The molecule has 1 aliphatic heterocycles. The Morgan fingerprint density at radius 1 is 1.23 bits per heavy atom. The lowest BCUT2D eigenvalue weighted by molar-refractivity contribution is 0.0963. The van der Waals surface area contributed by atoms with E-state index in [0.717, 1.165) is 43.8 Å². The third kappa shape index (κ3) is 7.74. The van der Waals surface area contributed by atoms with Crippen LogP contribution in [0.3, 0.4) is 0 Å². The Hall–Kier alpha value is -2.48. The highest BCUT2D eigenvalue weighted by atomic mass is 16.6. The summed E-state index contributed by atoms with van der Waals surface area (Å²) in [5.41, 5.74) is 7.12. The van der Waals surface area contributed by atoms with E-state index in [2.05, 4.69) is 29.1 Å². The number of hydrogen-bond donors (Lipinski definition) is 2. The fraction of sp³-hybridized carbons (Fsp3) is 0.636. The molecule has 0 bridgehead atoms. The number of ether oxygens (including phenoxy) is 2. The summed E-state index contributed by atoms with van der Waals surface area (Å²) >= 11 is 0. The highest BCUT2D eigenvalue weighted by molar-refractivity contribution is 5.78. The van der Waals surface area contributed by atoms with Crippen molar-refractivity contribution in [2.45, 2.75) is 46.2 Å². The van der Waals surface area contributed by atoms with Gasteiger partial charge in [-0.2, -0.15) is 0 Å². The second-order valence-electron chi connectivity index (χ2n) is 7.29. The summed E-state index contributed by atoms with van der Waals surface area (Å²) in [5, 5.41) is 3.27. The Morgan fingerprint density at radius 3 is 2.60 bits per heavy atom. The molecule has 3 N–H and O–H groups in total. The molecule has 8 heteroatoms. The Balaban J connectivity index is 1.81. The van der Waals surface area contributed by atoms with Crippen molar-refractivity contribution in [3.05, 3.63) is 29.8 Å². The van der Waals surface area contributed by atoms with Gasteiger partial charge in [0.15, 0.2) is 5.96 Å². The number of nitrogens with two attached hydrogens (primary N) is 1. The number of nitrogens with one attached hydrogen (secondary N) is 1. The van der Waals surface area contributed by atoms with E-state index in [1.54, 1.807) is 4.90 Å². The number of rotatable bonds is 10. The molecule has 1 aromatic carbocycles. The minimum Gasteiger partial charge on any atom is -0.492 e. The molecule has 168 valence electrons. The minimum absolute atomic E-state index is 0.208. The molecule has 1 amide bonds. The van der Waals surface area contributed by atoms with Crippen LogP contribution in [-0.4, -0.2) is 73.8 Å². The van der Waals surface area contributed by atoms with Crippen LogP contribution < -0.4 is 15.8 Å². The van der Waals surface area contributed by atoms with Gasteiger partial charge in [0.1, 0.15) is 12.4 Å². The smallest absolute Gasteiger partial charge is 0.409 e. The van der Waals surface area contributed by atoms with Gasteiger partial charge in [0.25, 0.3) is 0 Å². The lowest BCUT2D eigenvalue weighted by Gasteiger charge is -2.31. The van der Waals surface area contributed by atoms with Crippen LogP contribution in [-0.2, 0) is 11.3 Å². The predicted octanol–water partition coefficient (Wildman–Crippen LogP) is 2.43. The Bertz CT molecular complexity index is 670. The molecule has 0 atom stereocenters. The molecule has 0 spiro atoms. The summed E-state index contributed by atoms with van der Waals surface area (Å²) in [6, 6.07) is 8.15. The standard InChI is InChI=1S/C22H37N5O3/c1-4-26(5-2)15-16-30-20-10-8-7-9-18(20)17-24-21(23)25-19-11-13-27(14-12-19)22(28)29-6-3/h7-10,19H,4-6,11-17H2,1-3H3,(H3,23,24,25). The number of carbonyl (C=O) groups is 1. The van der Waals surface area contributed by atoms with E-state index >= 15 is 0 Å². The number of guanidine groups is 1. The number of amides is 1. The molecule has 0 aliphatic carbocycles. The monoisotopic (exact) mass is 419 g/mol. The fourth-order valence-corrected chi connectivity index (χ4v) is 3.45. The maximum absolute atomic E-state index is 11.8. The molecule has 1 saturated heterocycles. The van der Waals surface area contributed by atoms with Crippen molar-refractivity contribution in [3.8, 4) is 5.75 Å². The first-order chi connectivity index (χ1) is 14.6. The predicted molar refractivity (Wildman–Crippen MR) is 120 cm³/mol. The normalized spacial score (nSPS) is 15.3. The van der Waals surface area contributed by atoms with Crippen LogP contribution in [0, 0.1) is 0 Å². The number of carbonyl (C=O) groups excluding carboxylic acids is 1. The average molecular weight is 420 g/mol. The summed E-state index contributed by atoms with van der Waals surface area (Å²) in [7, 11) is 0. The van der Waals surface area contributed by atoms with Crippen molar-refractivity contribution in [3.63, 3.8) is 0 Å². The zero-order valence-corrected chi connectivity index (χ0v) is 18.6. The Kier molecular flexibility index (Phi) is 10.3. The van der Waals surface area contributed by atoms with Gasteiger partial charge in [-0.1, -0.05) is 32.0 Å². The van der Waals surface area contributed by atoms with E-state index in [4.69, 9.17) is 15.2 Å². The maximum Gasteiger partial charge on any atom is 0.409 e. The van der Waals surface area contributed by atoms with Gasteiger partial charge >= 0.3 is 6.09 Å². The van der Waals surface area contributed by atoms with Crippen molar-refractivity contribution in [2.75, 3.05) is 45.9 Å². The van der Waals surface area contributed by atoms with Gasteiger partial charge in [0.05, 0.1) is 13.2 Å². The molecule has 30 heavy (non-hydrogen) atoms. The molecule has 1 fully saturated rings. The van der Waals surface area contributed by atoms with E-state index in [0.29, 0.717) is 38.8 Å². The number of nitrogens with zero attached hydrogens (tertiary/aromatic N) is 3. The molecule has 8 nitrogen and oxygen atoms in total. The SMILES string of the molecule is CCOC(=O)N1CCC(NC(N)=NCc2ccccc2OCCN(CC)CC)CC1. The zero-order valence-electron chi connectivity index (χ0n) is 18.6. The van der Waals surface area contributed by atoms with Crippen LogP contribution in [0.4, 0.5) is 4.79 Å². The molecule has 0 radical (unpaired) electrons. The van der Waals surface area contributed by atoms with Crippen molar-refractivity contribution in [2.24, 2.45) is 10.7 Å². The third-order valence-electron chi connectivity index (χ3n) is 5.32. The second-order valence-corrected chi connectivity index (χ2v) is 7.29. The molecule has 1 heterocycles. The van der Waals surface area contributed by atoms with E-state index in [1.807, 2.05) is 31.2 Å². The van der Waals surface area contributed by atoms with Gasteiger partial charge in [0, 0.05) is 31.2 Å². The molecular weight excluding hydrogens is 382 g/mol. The van der Waals surface area contributed by atoms with Crippen LogP contribution in [0.25, 0.3) is 0 Å². The molecule has 0 saturated carbocycles. The first-order valence-electron chi connectivity index (χ1n) is 11.0. The first-order valence-corrected chi connectivity index (χ1v) is 11.0. The lowest BCUT2D eigenvalue weighted by atomic mass is 10.1. The number of likely N-dealkylation sites (tertiary alicyclic amines) is 1. The number of hydrogen-bond acceptors (Lipinski definition) is 5. The van der Waals surface area contributed by atoms with Gasteiger partial charge in [-0.25, -0.2) is 9.79 Å². The van der Waals surface area contributed by atoms with E-state index in [-0.39, 0.29) is 12.1 Å². The quantitative estimate of drug-likeness (QED) is 0.447. The van der Waals surface area contributed by atoms with Crippen molar-refractivity contribution in [1.29, 1.82) is 0 Å². The number of likely N-dealkylation sites (N-methyl/N-ethyl adjacent to an activating group) is 1. The van der Waals surface area contributed by atoms with Crippen LogP contribution in [0.15, 0.2) is 29.3 Å². The minimum atomic E-state index is -0.241. The number of para-hydroxylation sites is 1. The molecule has 0 unspecified atom stereocenters. The maximum atomic E-state index is 11.8. The number of benzene rings is 1. The molecule has 1 aliphatic rings. The first kappa shape index (κ1) is 23.8. The summed E-state index contributed by atoms with van der Waals surface area (Å²) in [4.78, 5) is 20.3. The zero-order chi connectivity index (χ0) is 21.8. The average Bonchev–Trinajstić information content (AvgIpc) is 2.76. The summed E-state index contributed by atoms with van der Waals surface area (Å²) < 4.78 is 11.0. The lowest BCUT2D eigenvalue weighted by Crippen LogP contribution is -2.48. The summed E-state index contributed by atoms with van der Waals surface area (Å²) in [6.07, 6.45) is 1.40. The Morgan fingerprint density at radius 2 is 1.93 bits per heavy atom. The van der Waals surface area contributed by atoms with E-state index < -0.39 is 0 Å². The van der Waals surface area contributed by atoms with Gasteiger partial charge in [-0.3, -0.25) is 0 Å². The summed E-state index contributed by atoms with van der Waals surface area (Å²) in [6.45, 7) is 11.9. The fourth-order valence-electron chi connectivity index (χ4n) is 3.45. The van der Waals surface area contributed by atoms with Crippen LogP contribution >= 0.6 is 0 Å². The highest BCUT2D eigenvalue weighted by Crippen LogP contribution is 2.19. The second kappa shape index (κ2) is 13.0. The third-order valence-corrected chi connectivity index (χ3v) is 5.32. The van der Waals surface area contributed by atoms with Crippen molar-refractivity contribution < 1.29 is 14.3 Å². The van der Waals surface area contributed by atoms with Gasteiger partial charge < -0.3 is 30.3 Å². The van der Waals surface area contributed by atoms with Crippen LogP contribution in [0.2, 0.25) is 0 Å². The van der Waals surface area contributed by atoms with Crippen molar-refractivity contribution in [1.82, 2.24) is 15.1 Å². The molecule has 1 aromatic rings. The number of aliphatic imine (C=N–C) groups is 1. The van der Waals surface area contributed by atoms with Gasteiger partial charge in [-0.05, 0) is 38.9 Å². The van der Waals surface area contributed by atoms with E-state index in [9.17, 15) is 4.79 Å². The number of piperidine rings is 1. The topological polar surface area (TPSA) is 92.4 Å². The summed E-state index contributed by atoms with van der Waals surface area (Å²) in [5.74, 6) is 1.27.